The molecule has 5 aliphatic heterocycles. The van der Waals surface area contributed by atoms with Gasteiger partial charge in [-0.15, -0.1) is 0 Å². The summed E-state index contributed by atoms with van der Waals surface area (Å²) in [6.45, 7) is 99.4. The molecule has 8 rings (SSSR count). The Bertz CT molecular complexity index is 3830. The standard InChI is InChI=1S/C84H162N16O4.C35H69N7O/c1-27-37-47-91(48-38-28-2)71-85-72(92(49-39-29-3)50-40-30-4)87-73(86-71)95(69-63-81(19,20)99(103-57-35-9)82(21,22)64-69)53-45-43-44-46-54-96(70-65-83(23,24)100(104-58-36-10)84(25,26)66-70)76-89-74(93(51-41-31-5)67-59-77(11,12)97(101-55-33-7)78(13,14)60-67)88-75(90-76)94(52-42-32-6)68-61-79(15,16)98(102-56-34-8)80(17,18)62-68;1-11-17-22-39(23-18-12-2)31-36-32(40(24-19-13-3)25-20-14-4)38-33(37-31)41(26-21-15-5)30-28-34(7,8)42(43-27-16-6)35(9,10)29-30/h67-70H,27-66H2,1-26H3;30H,11-29H2,1-10H3. The second-order valence-electron chi connectivity index (χ2n) is 51.0. The highest BCUT2D eigenvalue weighted by Gasteiger charge is 2.55. The molecule has 147 heavy (non-hydrogen) atoms. The Labute approximate surface area is 903 Å². The Morgan fingerprint density at radius 3 is 0.429 bits per heavy atom. The van der Waals surface area contributed by atoms with E-state index in [4.69, 9.17) is 69.0 Å². The minimum atomic E-state index is -0.277. The molecule has 0 N–H and O–H groups in total. The molecular weight excluding hydrogens is 1830 g/mol. The molecule has 28 nitrogen and oxygen atoms in total. The molecule has 5 fully saturated rings. The number of anilines is 9. The molecule has 852 valence electrons. The molecule has 28 heteroatoms. The maximum atomic E-state index is 6.80. The van der Waals surface area contributed by atoms with Crippen LogP contribution < -0.4 is 44.1 Å². The van der Waals surface area contributed by atoms with Gasteiger partial charge in [0, 0.05) is 171 Å². The van der Waals surface area contributed by atoms with Crippen molar-refractivity contribution in [2.75, 3.05) is 162 Å². The van der Waals surface area contributed by atoms with E-state index in [9.17, 15) is 0 Å². The Kier molecular flexibility index (Phi) is 53.7. The monoisotopic (exact) mass is 2060 g/mol. The molecule has 5 aliphatic rings. The van der Waals surface area contributed by atoms with Gasteiger partial charge in [0.2, 0.25) is 53.5 Å². The molecule has 0 spiro atoms. The van der Waals surface area contributed by atoms with Gasteiger partial charge in [-0.3, -0.25) is 24.2 Å². The summed E-state index contributed by atoms with van der Waals surface area (Å²) in [7, 11) is 0. The number of hydrogen-bond donors (Lipinski definition) is 0. The molecule has 0 saturated carbocycles. The van der Waals surface area contributed by atoms with E-state index in [0.29, 0.717) is 32.5 Å². The zero-order chi connectivity index (χ0) is 109. The zero-order valence-electron chi connectivity index (χ0n) is 102. The molecule has 3 aromatic heterocycles. The minimum absolute atomic E-state index is 0.104. The predicted molar refractivity (Wildman–Crippen MR) is 624 cm³/mol. The number of hydrogen-bond acceptors (Lipinski definition) is 28. The van der Waals surface area contributed by atoms with Crippen LogP contribution in [-0.2, 0) is 24.2 Å². The van der Waals surface area contributed by atoms with Crippen molar-refractivity contribution in [1.82, 2.24) is 70.2 Å². The molecular formula is C119H231N23O5. The number of rotatable bonds is 69. The van der Waals surface area contributed by atoms with E-state index in [1.54, 1.807) is 0 Å². The second-order valence-corrected chi connectivity index (χ2v) is 51.0. The molecule has 0 bridgehead atoms. The number of nitrogens with zero attached hydrogens (tertiary/aromatic N) is 23. The van der Waals surface area contributed by atoms with E-state index in [1.807, 2.05) is 0 Å². The van der Waals surface area contributed by atoms with Crippen LogP contribution in [0.25, 0.3) is 0 Å². The van der Waals surface area contributed by atoms with E-state index in [1.165, 1.54) is 0 Å². The summed E-state index contributed by atoms with van der Waals surface area (Å²) in [5.41, 5.74) is -2.19. The molecule has 0 amide bonds. The number of unbranched alkanes of at least 4 members (excludes halogenated alkanes) is 14. The third kappa shape index (κ3) is 37.3. The van der Waals surface area contributed by atoms with Gasteiger partial charge in [0.1, 0.15) is 0 Å². The lowest BCUT2D eigenvalue weighted by molar-refractivity contribution is -0.282. The normalized spacial score (nSPS) is 19.7. The highest BCUT2D eigenvalue weighted by atomic mass is 16.7. The number of aromatic nitrogens is 9. The van der Waals surface area contributed by atoms with Crippen molar-refractivity contribution < 1.29 is 24.2 Å². The molecule has 5 saturated heterocycles. The first-order valence-corrected chi connectivity index (χ1v) is 61.0. The largest absolute Gasteiger partial charge is 0.341 e. The lowest BCUT2D eigenvalue weighted by atomic mass is 9.78. The van der Waals surface area contributed by atoms with Gasteiger partial charge in [-0.2, -0.15) is 70.2 Å². The molecule has 8 heterocycles. The Balaban J connectivity index is 0.000000566. The van der Waals surface area contributed by atoms with E-state index >= 15 is 0 Å². The molecule has 0 unspecified atom stereocenters. The van der Waals surface area contributed by atoms with E-state index < -0.39 is 0 Å². The highest BCUT2D eigenvalue weighted by Crippen LogP contribution is 2.49. The average molecular weight is 2060 g/mol. The first-order chi connectivity index (χ1) is 69.7. The second kappa shape index (κ2) is 61.4. The van der Waals surface area contributed by atoms with Crippen LogP contribution >= 0.6 is 0 Å². The topological polar surface area (TPSA) is 208 Å². The molecule has 0 radical (unpaired) electrons. The van der Waals surface area contributed by atoms with Crippen molar-refractivity contribution >= 4 is 53.5 Å². The Morgan fingerprint density at radius 2 is 0.293 bits per heavy atom. The summed E-state index contributed by atoms with van der Waals surface area (Å²) >= 11 is 0. The van der Waals surface area contributed by atoms with Gasteiger partial charge in [-0.05, 0) is 318 Å². The van der Waals surface area contributed by atoms with Crippen molar-refractivity contribution in [1.29, 1.82) is 0 Å². The van der Waals surface area contributed by atoms with Crippen molar-refractivity contribution in [2.45, 2.75) is 598 Å². The van der Waals surface area contributed by atoms with Crippen LogP contribution in [-0.4, -0.2) is 274 Å². The van der Waals surface area contributed by atoms with E-state index in [0.717, 1.165) is 408 Å². The smallest absolute Gasteiger partial charge is 0.232 e. The summed E-state index contributed by atoms with van der Waals surface area (Å²) in [6.07, 6.45) is 42.9. The Morgan fingerprint density at radius 1 is 0.170 bits per heavy atom. The lowest BCUT2D eigenvalue weighted by Crippen LogP contribution is -2.65. The first-order valence-electron chi connectivity index (χ1n) is 61.0. The van der Waals surface area contributed by atoms with Crippen LogP contribution in [0.3, 0.4) is 0 Å². The maximum Gasteiger partial charge on any atom is 0.232 e. The number of hydroxylamine groups is 10. The number of piperidine rings is 5. The van der Waals surface area contributed by atoms with Gasteiger partial charge >= 0.3 is 0 Å². The van der Waals surface area contributed by atoms with Crippen LogP contribution in [0, 0.1) is 0 Å². The van der Waals surface area contributed by atoms with Crippen LogP contribution in [0.1, 0.15) is 513 Å². The molecule has 3 aromatic rings. The molecule has 0 aliphatic carbocycles. The fourth-order valence-electron chi connectivity index (χ4n) is 25.2. The molecule has 0 aromatic carbocycles. The van der Waals surface area contributed by atoms with Gasteiger partial charge in [-0.1, -0.05) is 194 Å². The van der Waals surface area contributed by atoms with Crippen molar-refractivity contribution in [3.05, 3.63) is 0 Å². The minimum Gasteiger partial charge on any atom is -0.341 e. The quantitative estimate of drug-likeness (QED) is 0.0481. The zero-order valence-corrected chi connectivity index (χ0v) is 102. The van der Waals surface area contributed by atoms with Gasteiger partial charge < -0.3 is 44.1 Å². The lowest BCUT2D eigenvalue weighted by Gasteiger charge is -2.56. The summed E-state index contributed by atoms with van der Waals surface area (Å²) < 4.78 is 0. The first kappa shape index (κ1) is 129. The molecule has 0 atom stereocenters. The van der Waals surface area contributed by atoms with Gasteiger partial charge in [0.05, 0.1) is 33.0 Å². The fraction of sp³-hybridized carbons (Fsp3) is 0.924. The van der Waals surface area contributed by atoms with Crippen molar-refractivity contribution in [2.24, 2.45) is 0 Å². The van der Waals surface area contributed by atoms with Gasteiger partial charge in [0.25, 0.3) is 0 Å². The summed E-state index contributed by atoms with van der Waals surface area (Å²) in [6, 6.07) is 0.951. The predicted octanol–water partition coefficient (Wildman–Crippen LogP) is 28.1. The SMILES string of the molecule is CCCCN(CCCC)c1nc(N(CCCC)CCCC)nc(N(CCCC)C2CC(C)(C)N(OCCC)C(C)(C)C2)n1.CCCCN(CCCC)c1nc(N(CCCC)CCCC)nc(N(CCCCCCN(c2nc(N(CCCC)C3CC(C)(C)N(OCCC)C(C)(C)C3)nc(N(CCCC)C3CC(C)(C)N(OCCC)C(C)(C)C3)n2)C2CC(C)(C)N(OCCC)C(C)(C)C2)C2CC(C)(C)N(OCCC)C(C)(C)C2)n1. The van der Waals surface area contributed by atoms with Crippen LogP contribution in [0.5, 0.6) is 0 Å². The van der Waals surface area contributed by atoms with Crippen LogP contribution in [0.2, 0.25) is 0 Å². The van der Waals surface area contributed by atoms with Crippen molar-refractivity contribution in [3.63, 3.8) is 0 Å². The van der Waals surface area contributed by atoms with E-state index in [2.05, 4.69) is 319 Å². The van der Waals surface area contributed by atoms with Gasteiger partial charge in [0.15, 0.2) is 0 Å². The van der Waals surface area contributed by atoms with Crippen LogP contribution in [0.15, 0.2) is 0 Å². The summed E-state index contributed by atoms with van der Waals surface area (Å²) in [5, 5.41) is 11.6. The van der Waals surface area contributed by atoms with Gasteiger partial charge in [-0.25, -0.2) is 0 Å². The summed E-state index contributed by atoms with van der Waals surface area (Å²) in [4.78, 5) is 107. The maximum absolute atomic E-state index is 6.80. The average Bonchev–Trinajstić information content (AvgIpc) is 0.744. The fourth-order valence-corrected chi connectivity index (χ4v) is 25.2. The third-order valence-electron chi connectivity index (χ3n) is 31.5. The highest BCUT2D eigenvalue weighted by molar-refractivity contribution is 5.52. The van der Waals surface area contributed by atoms with Crippen LogP contribution in [0.4, 0.5) is 53.5 Å². The Hall–Kier alpha value is -5.17. The van der Waals surface area contributed by atoms with Crippen molar-refractivity contribution in [3.8, 4) is 0 Å². The summed E-state index contributed by atoms with van der Waals surface area (Å²) in [5.74, 6) is 7.53. The van der Waals surface area contributed by atoms with E-state index in [-0.39, 0.29) is 79.6 Å². The third-order valence-corrected chi connectivity index (χ3v) is 31.5.